The summed E-state index contributed by atoms with van der Waals surface area (Å²) in [6.45, 7) is 0.468. The number of fused-ring (bicyclic) bond motifs is 3. The van der Waals surface area contributed by atoms with E-state index in [1.54, 1.807) is 11.9 Å². The van der Waals surface area contributed by atoms with Crippen LogP contribution >= 0.6 is 0 Å². The second kappa shape index (κ2) is 6.12. The van der Waals surface area contributed by atoms with Crippen molar-refractivity contribution in [3.05, 3.63) is 45.8 Å². The Morgan fingerprint density at radius 3 is 2.43 bits per heavy atom. The Morgan fingerprint density at radius 1 is 1.00 bits per heavy atom. The molecule has 2 nitrogen and oxygen atoms in total. The monoisotopic (exact) mass is 396 g/mol. The minimum atomic E-state index is -4.78. The molecule has 2 aliphatic heterocycles. The number of benzene rings is 2. The van der Waals surface area contributed by atoms with Gasteiger partial charge < -0.3 is 4.90 Å². The number of aliphatic imine (C=N–C) groups is 1. The molecule has 2 aliphatic rings. The topological polar surface area (TPSA) is 15.6 Å². The Hall–Kier alpha value is -2.77. The van der Waals surface area contributed by atoms with Crippen molar-refractivity contribution >= 4 is 29.7 Å². The number of nitrogens with zero attached hydrogens (tertiary/aromatic N) is 2. The van der Waals surface area contributed by atoms with E-state index in [0.717, 1.165) is 18.2 Å². The Labute approximate surface area is 156 Å². The maximum absolute atomic E-state index is 14.1. The van der Waals surface area contributed by atoms with Crippen molar-refractivity contribution in [3.63, 3.8) is 0 Å². The molecule has 0 bridgehead atoms. The predicted octanol–water partition coefficient (Wildman–Crippen LogP) is 4.51. The molecule has 4 rings (SSSR count). The molecule has 0 saturated carbocycles. The summed E-state index contributed by atoms with van der Waals surface area (Å²) in [5.41, 5.74) is -2.37. The molecule has 0 unspecified atom stereocenters. The molecular formula is C20H14F6N2. The van der Waals surface area contributed by atoms with Gasteiger partial charge in [-0.05, 0) is 30.2 Å². The van der Waals surface area contributed by atoms with E-state index >= 15 is 0 Å². The van der Waals surface area contributed by atoms with Gasteiger partial charge in [-0.3, -0.25) is 4.99 Å². The van der Waals surface area contributed by atoms with E-state index in [-0.39, 0.29) is 22.5 Å². The normalized spacial score (nSPS) is 15.8. The molecule has 2 heterocycles. The predicted molar refractivity (Wildman–Crippen MR) is 96.1 cm³/mol. The van der Waals surface area contributed by atoms with Crippen LogP contribution in [0.1, 0.15) is 17.5 Å². The zero-order valence-corrected chi connectivity index (χ0v) is 14.6. The lowest BCUT2D eigenvalue weighted by Crippen LogP contribution is -2.38. The number of rotatable bonds is 1. The highest BCUT2D eigenvalue weighted by Gasteiger charge is 2.41. The summed E-state index contributed by atoms with van der Waals surface area (Å²) >= 11 is 0. The van der Waals surface area contributed by atoms with Gasteiger partial charge in [0.05, 0.1) is 22.5 Å². The standard InChI is InChI=1S/C20H14F6N2/c1-28-9-3-6-14-13-7-8-27-17(13)16(20(24,25)26)15(18(14)28)11-4-2-5-12(10-11)19(21,22)23/h2,4-8,10H,3,9H2,1H3. The fourth-order valence-electron chi connectivity index (χ4n) is 3.78. The van der Waals surface area contributed by atoms with E-state index in [1.165, 1.54) is 18.4 Å². The van der Waals surface area contributed by atoms with E-state index in [0.29, 0.717) is 23.4 Å². The lowest BCUT2D eigenvalue weighted by Gasteiger charge is -2.29. The van der Waals surface area contributed by atoms with Crippen molar-refractivity contribution in [2.75, 3.05) is 18.5 Å². The van der Waals surface area contributed by atoms with E-state index in [2.05, 4.69) is 4.99 Å². The number of hydrogen-bond donors (Lipinski definition) is 0. The molecule has 0 atom stereocenters. The number of anilines is 1. The van der Waals surface area contributed by atoms with Gasteiger partial charge in [0.2, 0.25) is 0 Å². The molecule has 2 aromatic carbocycles. The van der Waals surface area contributed by atoms with Crippen LogP contribution in [0, 0.1) is 0 Å². The maximum Gasteiger partial charge on any atom is 0.419 e. The van der Waals surface area contributed by atoms with Gasteiger partial charge in [-0.2, -0.15) is 26.3 Å². The second-order valence-electron chi connectivity index (χ2n) is 6.71. The summed E-state index contributed by atoms with van der Waals surface area (Å²) in [6.07, 6.45) is -4.20. The molecule has 146 valence electrons. The largest absolute Gasteiger partial charge is 0.419 e. The van der Waals surface area contributed by atoms with Crippen LogP contribution in [-0.4, -0.2) is 19.8 Å². The SMILES string of the molecule is CN1CCC=c2c1c(-c1cccc(C(F)(F)F)c1)c(C(F)(F)F)c1c2=CC=N1. The minimum absolute atomic E-state index is 0.134. The van der Waals surface area contributed by atoms with Gasteiger partial charge in [0.1, 0.15) is 0 Å². The van der Waals surface area contributed by atoms with Crippen molar-refractivity contribution in [1.29, 1.82) is 0 Å². The first-order valence-corrected chi connectivity index (χ1v) is 8.49. The minimum Gasteiger partial charge on any atom is -0.373 e. The molecule has 0 radical (unpaired) electrons. The molecule has 0 aromatic heterocycles. The van der Waals surface area contributed by atoms with Crippen LogP contribution in [0.5, 0.6) is 0 Å². The zero-order valence-electron chi connectivity index (χ0n) is 14.6. The molecule has 0 fully saturated rings. The van der Waals surface area contributed by atoms with E-state index in [9.17, 15) is 26.3 Å². The maximum atomic E-state index is 14.1. The summed E-state index contributed by atoms with van der Waals surface area (Å²) in [6, 6.07) is 4.01. The first-order valence-electron chi connectivity index (χ1n) is 8.49. The van der Waals surface area contributed by atoms with Crippen LogP contribution in [0.25, 0.3) is 23.3 Å². The lowest BCUT2D eigenvalue weighted by molar-refractivity contribution is -0.137. The molecule has 0 amide bonds. The van der Waals surface area contributed by atoms with Crippen molar-refractivity contribution in [2.24, 2.45) is 4.99 Å². The quantitative estimate of drug-likeness (QED) is 0.648. The summed E-state index contributed by atoms with van der Waals surface area (Å²) in [5.74, 6) is 0. The van der Waals surface area contributed by atoms with Crippen LogP contribution in [-0.2, 0) is 12.4 Å². The van der Waals surface area contributed by atoms with Crippen LogP contribution < -0.4 is 15.3 Å². The van der Waals surface area contributed by atoms with Gasteiger partial charge in [-0.25, -0.2) is 0 Å². The number of alkyl halides is 6. The third-order valence-corrected chi connectivity index (χ3v) is 4.93. The highest BCUT2D eigenvalue weighted by Crippen LogP contribution is 2.46. The van der Waals surface area contributed by atoms with Gasteiger partial charge in [0.15, 0.2) is 0 Å². The summed E-state index contributed by atoms with van der Waals surface area (Å²) in [4.78, 5) is 5.55. The lowest BCUT2D eigenvalue weighted by atomic mass is 9.90. The Bertz CT molecular complexity index is 1110. The second-order valence-corrected chi connectivity index (χ2v) is 6.71. The molecule has 0 saturated heterocycles. The number of hydrogen-bond acceptors (Lipinski definition) is 2. The first-order chi connectivity index (χ1) is 13.1. The summed E-state index contributed by atoms with van der Waals surface area (Å²) < 4.78 is 81.8. The van der Waals surface area contributed by atoms with Crippen molar-refractivity contribution in [2.45, 2.75) is 18.8 Å². The van der Waals surface area contributed by atoms with Crippen LogP contribution in [0.3, 0.4) is 0 Å². The van der Waals surface area contributed by atoms with Crippen LogP contribution in [0.2, 0.25) is 0 Å². The fourth-order valence-corrected chi connectivity index (χ4v) is 3.78. The Morgan fingerprint density at radius 2 is 1.75 bits per heavy atom. The molecule has 0 N–H and O–H groups in total. The van der Waals surface area contributed by atoms with Gasteiger partial charge in [0, 0.05) is 35.8 Å². The van der Waals surface area contributed by atoms with E-state index in [4.69, 9.17) is 0 Å². The zero-order chi connectivity index (χ0) is 20.3. The first kappa shape index (κ1) is 18.6. The van der Waals surface area contributed by atoms with Crippen molar-refractivity contribution in [1.82, 2.24) is 0 Å². The summed E-state index contributed by atoms with van der Waals surface area (Å²) in [7, 11) is 1.64. The van der Waals surface area contributed by atoms with Crippen molar-refractivity contribution < 1.29 is 26.3 Å². The third-order valence-electron chi connectivity index (χ3n) is 4.93. The molecule has 0 aliphatic carbocycles. The highest BCUT2D eigenvalue weighted by atomic mass is 19.4. The van der Waals surface area contributed by atoms with Gasteiger partial charge in [0.25, 0.3) is 0 Å². The Kier molecular flexibility index (Phi) is 4.06. The average molecular weight is 396 g/mol. The molecule has 0 spiro atoms. The third kappa shape index (κ3) is 2.87. The highest BCUT2D eigenvalue weighted by molar-refractivity contribution is 6.00. The van der Waals surface area contributed by atoms with Gasteiger partial charge >= 0.3 is 12.4 Å². The Balaban J connectivity index is 2.17. The smallest absolute Gasteiger partial charge is 0.373 e. The molecule has 8 heteroatoms. The molecule has 28 heavy (non-hydrogen) atoms. The average Bonchev–Trinajstić information content (AvgIpc) is 3.08. The van der Waals surface area contributed by atoms with Crippen LogP contribution in [0.4, 0.5) is 37.7 Å². The van der Waals surface area contributed by atoms with Gasteiger partial charge in [-0.15, -0.1) is 0 Å². The summed E-state index contributed by atoms with van der Waals surface area (Å²) in [5, 5.41) is 0.922. The van der Waals surface area contributed by atoms with E-state index in [1.807, 2.05) is 6.08 Å². The fraction of sp³-hybridized carbons (Fsp3) is 0.250. The van der Waals surface area contributed by atoms with Gasteiger partial charge in [-0.1, -0.05) is 18.2 Å². The van der Waals surface area contributed by atoms with Crippen LogP contribution in [0.15, 0.2) is 29.3 Å². The molecular weight excluding hydrogens is 382 g/mol. The number of halogens is 6. The van der Waals surface area contributed by atoms with E-state index < -0.39 is 23.5 Å². The van der Waals surface area contributed by atoms with Crippen molar-refractivity contribution in [3.8, 4) is 11.1 Å². The molecule has 2 aromatic rings.